The molecule has 0 aliphatic rings. The third kappa shape index (κ3) is 2.02. The monoisotopic (exact) mass is 236 g/mol. The third-order valence-corrected chi connectivity index (χ3v) is 3.15. The van der Waals surface area contributed by atoms with Crippen molar-refractivity contribution >= 4 is 5.65 Å². The van der Waals surface area contributed by atoms with E-state index in [2.05, 4.69) is 46.8 Å². The number of hydrogen-bond donors (Lipinski definition) is 0. The first-order valence-corrected chi connectivity index (χ1v) is 6.40. The number of aromatic nitrogens is 2. The van der Waals surface area contributed by atoms with E-state index >= 15 is 0 Å². The summed E-state index contributed by atoms with van der Waals surface area (Å²) in [6.07, 6.45) is 6.43. The van der Waals surface area contributed by atoms with E-state index in [1.807, 2.05) is 24.4 Å². The van der Waals surface area contributed by atoms with Gasteiger partial charge in [0, 0.05) is 18.0 Å². The second-order valence-corrected chi connectivity index (χ2v) is 4.54. The van der Waals surface area contributed by atoms with Gasteiger partial charge in [-0.25, -0.2) is 4.98 Å². The minimum atomic E-state index is 0.991. The van der Waals surface area contributed by atoms with Crippen molar-refractivity contribution in [3.8, 4) is 11.3 Å². The molecule has 2 nitrogen and oxygen atoms in total. The van der Waals surface area contributed by atoms with Gasteiger partial charge in [0.1, 0.15) is 5.65 Å². The van der Waals surface area contributed by atoms with Crippen molar-refractivity contribution < 1.29 is 0 Å². The molecular formula is C16H16N2. The topological polar surface area (TPSA) is 17.3 Å². The van der Waals surface area contributed by atoms with Crippen molar-refractivity contribution in [1.29, 1.82) is 0 Å². The fourth-order valence-electron chi connectivity index (χ4n) is 2.20. The normalized spacial score (nSPS) is 10.9. The minimum Gasteiger partial charge on any atom is -0.306 e. The van der Waals surface area contributed by atoms with Gasteiger partial charge in [-0.2, -0.15) is 0 Å². The Morgan fingerprint density at radius 2 is 1.89 bits per heavy atom. The zero-order valence-corrected chi connectivity index (χ0v) is 10.5. The lowest BCUT2D eigenvalue weighted by Gasteiger charge is -2.00. The number of benzene rings is 1. The molecule has 0 aliphatic carbocycles. The van der Waals surface area contributed by atoms with Crippen molar-refractivity contribution in [3.63, 3.8) is 0 Å². The van der Waals surface area contributed by atoms with E-state index in [1.54, 1.807) is 0 Å². The summed E-state index contributed by atoms with van der Waals surface area (Å²) in [6.45, 7) is 2.20. The summed E-state index contributed by atoms with van der Waals surface area (Å²) in [4.78, 5) is 4.62. The molecule has 2 heterocycles. The Balaban J connectivity index is 1.98. The van der Waals surface area contributed by atoms with Gasteiger partial charge in [0.2, 0.25) is 0 Å². The van der Waals surface area contributed by atoms with Crippen LogP contribution in [0.5, 0.6) is 0 Å². The van der Waals surface area contributed by atoms with E-state index < -0.39 is 0 Å². The molecule has 0 N–H and O–H groups in total. The SMILES string of the molecule is CCCc1ccc(-c2cn3ccccc3n2)cc1. The van der Waals surface area contributed by atoms with Crippen molar-refractivity contribution in [1.82, 2.24) is 9.38 Å². The molecule has 0 saturated carbocycles. The highest BCUT2D eigenvalue weighted by Crippen LogP contribution is 2.20. The van der Waals surface area contributed by atoms with Gasteiger partial charge < -0.3 is 4.40 Å². The number of fused-ring (bicyclic) bond motifs is 1. The highest BCUT2D eigenvalue weighted by molar-refractivity contribution is 5.62. The molecule has 3 aromatic rings. The number of nitrogens with zero attached hydrogens (tertiary/aromatic N) is 2. The smallest absolute Gasteiger partial charge is 0.137 e. The van der Waals surface area contributed by atoms with Crippen LogP contribution in [0.25, 0.3) is 16.9 Å². The Bertz CT molecular complexity index is 617. The molecule has 0 atom stereocenters. The van der Waals surface area contributed by atoms with E-state index in [9.17, 15) is 0 Å². The van der Waals surface area contributed by atoms with Crippen LogP contribution in [0.15, 0.2) is 54.9 Å². The van der Waals surface area contributed by atoms with Crippen LogP contribution in [-0.4, -0.2) is 9.38 Å². The van der Waals surface area contributed by atoms with Crippen LogP contribution >= 0.6 is 0 Å². The van der Waals surface area contributed by atoms with Gasteiger partial charge in [-0.05, 0) is 24.1 Å². The summed E-state index contributed by atoms with van der Waals surface area (Å²) in [5.41, 5.74) is 4.60. The third-order valence-electron chi connectivity index (χ3n) is 3.15. The molecule has 0 unspecified atom stereocenters. The molecule has 2 heteroatoms. The molecule has 18 heavy (non-hydrogen) atoms. The van der Waals surface area contributed by atoms with Crippen LogP contribution in [-0.2, 0) is 6.42 Å². The lowest BCUT2D eigenvalue weighted by atomic mass is 10.1. The summed E-state index contributed by atoms with van der Waals surface area (Å²) < 4.78 is 2.05. The van der Waals surface area contributed by atoms with Crippen molar-refractivity contribution in [2.24, 2.45) is 0 Å². The van der Waals surface area contributed by atoms with Gasteiger partial charge >= 0.3 is 0 Å². The van der Waals surface area contributed by atoms with Crippen LogP contribution in [0.3, 0.4) is 0 Å². The van der Waals surface area contributed by atoms with Gasteiger partial charge in [0.15, 0.2) is 0 Å². The van der Waals surface area contributed by atoms with Gasteiger partial charge in [-0.3, -0.25) is 0 Å². The lowest BCUT2D eigenvalue weighted by molar-refractivity contribution is 0.922. The number of aryl methyl sites for hydroxylation is 1. The number of hydrogen-bond acceptors (Lipinski definition) is 1. The zero-order chi connectivity index (χ0) is 12.4. The Morgan fingerprint density at radius 1 is 1.06 bits per heavy atom. The van der Waals surface area contributed by atoms with E-state index in [-0.39, 0.29) is 0 Å². The minimum absolute atomic E-state index is 0.991. The molecule has 0 radical (unpaired) electrons. The summed E-state index contributed by atoms with van der Waals surface area (Å²) >= 11 is 0. The molecule has 0 fully saturated rings. The number of rotatable bonds is 3. The fraction of sp³-hybridized carbons (Fsp3) is 0.188. The zero-order valence-electron chi connectivity index (χ0n) is 10.5. The molecule has 0 amide bonds. The van der Waals surface area contributed by atoms with Crippen molar-refractivity contribution in [3.05, 3.63) is 60.4 Å². The van der Waals surface area contributed by atoms with Gasteiger partial charge in [0.05, 0.1) is 5.69 Å². The number of pyridine rings is 1. The molecule has 0 saturated heterocycles. The fourth-order valence-corrected chi connectivity index (χ4v) is 2.20. The standard InChI is InChI=1S/C16H16N2/c1-2-5-13-7-9-14(10-8-13)15-12-18-11-4-3-6-16(18)17-15/h3-4,6-12H,2,5H2,1H3. The predicted octanol–water partition coefficient (Wildman–Crippen LogP) is 3.95. The summed E-state index contributed by atoms with van der Waals surface area (Å²) in [7, 11) is 0. The number of imidazole rings is 1. The average Bonchev–Trinajstić information content (AvgIpc) is 2.84. The average molecular weight is 236 g/mol. The molecule has 1 aromatic carbocycles. The predicted molar refractivity (Wildman–Crippen MR) is 74.6 cm³/mol. The molecule has 0 bridgehead atoms. The molecular weight excluding hydrogens is 220 g/mol. The maximum absolute atomic E-state index is 4.62. The highest BCUT2D eigenvalue weighted by Gasteiger charge is 2.03. The van der Waals surface area contributed by atoms with E-state index in [0.29, 0.717) is 0 Å². The van der Waals surface area contributed by atoms with Gasteiger partial charge in [0.25, 0.3) is 0 Å². The molecule has 3 rings (SSSR count). The van der Waals surface area contributed by atoms with E-state index in [4.69, 9.17) is 0 Å². The van der Waals surface area contributed by atoms with Crippen LogP contribution in [0.4, 0.5) is 0 Å². The van der Waals surface area contributed by atoms with E-state index in [0.717, 1.165) is 17.8 Å². The Hall–Kier alpha value is -2.09. The Kier molecular flexibility index (Phi) is 2.85. The van der Waals surface area contributed by atoms with Gasteiger partial charge in [-0.1, -0.05) is 43.7 Å². The first kappa shape index (κ1) is 11.0. The van der Waals surface area contributed by atoms with Crippen molar-refractivity contribution in [2.75, 3.05) is 0 Å². The summed E-state index contributed by atoms with van der Waals surface area (Å²) in [5.74, 6) is 0. The van der Waals surface area contributed by atoms with Gasteiger partial charge in [-0.15, -0.1) is 0 Å². The first-order valence-electron chi connectivity index (χ1n) is 6.40. The van der Waals surface area contributed by atoms with Crippen LogP contribution < -0.4 is 0 Å². The molecule has 0 aliphatic heterocycles. The van der Waals surface area contributed by atoms with E-state index in [1.165, 1.54) is 17.5 Å². The Labute approximate surface area is 107 Å². The van der Waals surface area contributed by atoms with Crippen molar-refractivity contribution in [2.45, 2.75) is 19.8 Å². The summed E-state index contributed by atoms with van der Waals surface area (Å²) in [6, 6.07) is 14.8. The second kappa shape index (κ2) is 4.65. The maximum atomic E-state index is 4.62. The van der Waals surface area contributed by atoms with Crippen LogP contribution in [0.2, 0.25) is 0 Å². The summed E-state index contributed by atoms with van der Waals surface area (Å²) in [5, 5.41) is 0. The second-order valence-electron chi connectivity index (χ2n) is 4.54. The first-order chi connectivity index (χ1) is 8.86. The largest absolute Gasteiger partial charge is 0.306 e. The lowest BCUT2D eigenvalue weighted by Crippen LogP contribution is -1.83. The highest BCUT2D eigenvalue weighted by atomic mass is 15.0. The van der Waals surface area contributed by atoms with Crippen LogP contribution in [0.1, 0.15) is 18.9 Å². The molecule has 0 spiro atoms. The maximum Gasteiger partial charge on any atom is 0.137 e. The Morgan fingerprint density at radius 3 is 2.61 bits per heavy atom. The molecule has 2 aromatic heterocycles. The quantitative estimate of drug-likeness (QED) is 0.673. The molecule has 90 valence electrons. The van der Waals surface area contributed by atoms with Crippen LogP contribution in [0, 0.1) is 0 Å².